The van der Waals surface area contributed by atoms with Crippen molar-refractivity contribution in [3.05, 3.63) is 47.8 Å². The Morgan fingerprint density at radius 1 is 1.19 bits per heavy atom. The first kappa shape index (κ1) is 14.3. The molecule has 0 atom stereocenters. The monoisotopic (exact) mass is 283 g/mol. The Morgan fingerprint density at radius 2 is 1.95 bits per heavy atom. The van der Waals surface area contributed by atoms with Gasteiger partial charge in [-0.1, -0.05) is 0 Å². The van der Waals surface area contributed by atoms with Crippen molar-refractivity contribution < 1.29 is 14.3 Å². The van der Waals surface area contributed by atoms with E-state index in [1.807, 2.05) is 6.07 Å². The van der Waals surface area contributed by atoms with Crippen molar-refractivity contribution in [1.82, 2.24) is 4.98 Å². The van der Waals surface area contributed by atoms with Gasteiger partial charge in [-0.2, -0.15) is 5.26 Å². The second-order valence-corrected chi connectivity index (χ2v) is 4.07. The molecule has 0 saturated heterocycles. The summed E-state index contributed by atoms with van der Waals surface area (Å²) in [6, 6.07) is 10.0. The molecule has 0 saturated carbocycles. The van der Waals surface area contributed by atoms with Crippen LogP contribution in [0, 0.1) is 11.3 Å². The van der Waals surface area contributed by atoms with E-state index >= 15 is 0 Å². The molecular weight excluding hydrogens is 270 g/mol. The topological polar surface area (TPSA) is 84.2 Å². The van der Waals surface area contributed by atoms with Crippen LogP contribution < -0.4 is 14.8 Å². The zero-order valence-electron chi connectivity index (χ0n) is 11.6. The van der Waals surface area contributed by atoms with Crippen LogP contribution in [0.25, 0.3) is 0 Å². The van der Waals surface area contributed by atoms with Gasteiger partial charge in [0.1, 0.15) is 11.8 Å². The standard InChI is InChI=1S/C15H13N3O3/c1-20-13-6-4-11(7-14(13)21-2)18-15(19)12-5-3-10(8-16)9-17-12/h3-7,9H,1-2H3,(H,18,19). The van der Waals surface area contributed by atoms with Crippen molar-refractivity contribution in [3.63, 3.8) is 0 Å². The number of hydrogen-bond donors (Lipinski definition) is 1. The number of rotatable bonds is 4. The average molecular weight is 283 g/mol. The van der Waals surface area contributed by atoms with Crippen LogP contribution in [-0.4, -0.2) is 25.1 Å². The molecule has 0 bridgehead atoms. The Morgan fingerprint density at radius 3 is 2.52 bits per heavy atom. The Bertz CT molecular complexity index is 690. The molecule has 6 nitrogen and oxygen atoms in total. The lowest BCUT2D eigenvalue weighted by Gasteiger charge is -2.10. The van der Waals surface area contributed by atoms with Crippen molar-refractivity contribution in [2.45, 2.75) is 0 Å². The summed E-state index contributed by atoms with van der Waals surface area (Å²) in [5, 5.41) is 11.4. The molecule has 1 N–H and O–H groups in total. The fourth-order valence-electron chi connectivity index (χ4n) is 1.70. The van der Waals surface area contributed by atoms with Gasteiger partial charge in [0.25, 0.3) is 5.91 Å². The number of amides is 1. The van der Waals surface area contributed by atoms with Crippen LogP contribution in [0.5, 0.6) is 11.5 Å². The highest BCUT2D eigenvalue weighted by molar-refractivity contribution is 6.03. The fraction of sp³-hybridized carbons (Fsp3) is 0.133. The third kappa shape index (κ3) is 3.28. The maximum Gasteiger partial charge on any atom is 0.274 e. The predicted molar refractivity (Wildman–Crippen MR) is 76.5 cm³/mol. The number of hydrogen-bond acceptors (Lipinski definition) is 5. The molecular formula is C15H13N3O3. The van der Waals surface area contributed by atoms with E-state index in [2.05, 4.69) is 10.3 Å². The van der Waals surface area contributed by atoms with E-state index in [1.54, 1.807) is 18.2 Å². The number of nitrogens with one attached hydrogen (secondary N) is 1. The summed E-state index contributed by atoms with van der Waals surface area (Å²) in [5.41, 5.74) is 1.19. The second kappa shape index (κ2) is 6.39. The molecule has 106 valence electrons. The molecule has 21 heavy (non-hydrogen) atoms. The van der Waals surface area contributed by atoms with Crippen molar-refractivity contribution in [2.75, 3.05) is 19.5 Å². The molecule has 0 radical (unpaired) electrons. The lowest BCUT2D eigenvalue weighted by Crippen LogP contribution is -2.13. The SMILES string of the molecule is COc1ccc(NC(=O)c2ccc(C#N)cn2)cc1OC. The van der Waals surface area contributed by atoms with Crippen molar-refractivity contribution in [1.29, 1.82) is 5.26 Å². The van der Waals surface area contributed by atoms with E-state index in [9.17, 15) is 4.79 Å². The van der Waals surface area contributed by atoms with Crippen LogP contribution in [0.2, 0.25) is 0 Å². The van der Waals surface area contributed by atoms with Gasteiger partial charge in [-0.05, 0) is 24.3 Å². The first-order valence-corrected chi connectivity index (χ1v) is 6.07. The van der Waals surface area contributed by atoms with Crippen LogP contribution in [0.3, 0.4) is 0 Å². The molecule has 0 aliphatic rings. The number of nitriles is 1. The van der Waals surface area contributed by atoms with Gasteiger partial charge in [0.05, 0.1) is 19.8 Å². The minimum atomic E-state index is -0.369. The van der Waals surface area contributed by atoms with Gasteiger partial charge in [0, 0.05) is 18.0 Å². The number of aromatic nitrogens is 1. The van der Waals surface area contributed by atoms with Gasteiger partial charge in [-0.3, -0.25) is 4.79 Å². The Kier molecular flexibility index (Phi) is 4.36. The quantitative estimate of drug-likeness (QED) is 0.930. The van der Waals surface area contributed by atoms with E-state index in [4.69, 9.17) is 14.7 Å². The van der Waals surface area contributed by atoms with E-state index < -0.39 is 0 Å². The largest absolute Gasteiger partial charge is 0.493 e. The van der Waals surface area contributed by atoms with Crippen LogP contribution in [0.15, 0.2) is 36.5 Å². The highest BCUT2D eigenvalue weighted by Gasteiger charge is 2.10. The molecule has 0 fully saturated rings. The number of pyridine rings is 1. The lowest BCUT2D eigenvalue weighted by molar-refractivity contribution is 0.102. The molecule has 1 aromatic heterocycles. The number of benzene rings is 1. The zero-order chi connectivity index (χ0) is 15.2. The van der Waals surface area contributed by atoms with Gasteiger partial charge in [-0.25, -0.2) is 4.98 Å². The minimum Gasteiger partial charge on any atom is -0.493 e. The van der Waals surface area contributed by atoms with Gasteiger partial charge in [0.15, 0.2) is 11.5 Å². The molecule has 1 aromatic carbocycles. The van der Waals surface area contributed by atoms with Gasteiger partial charge in [-0.15, -0.1) is 0 Å². The number of carbonyl (C=O) groups is 1. The third-order valence-corrected chi connectivity index (χ3v) is 2.77. The summed E-state index contributed by atoms with van der Waals surface area (Å²) in [7, 11) is 3.06. The first-order chi connectivity index (χ1) is 10.2. The summed E-state index contributed by atoms with van der Waals surface area (Å²) in [6.45, 7) is 0. The smallest absolute Gasteiger partial charge is 0.274 e. The van der Waals surface area contributed by atoms with Crippen LogP contribution in [0.4, 0.5) is 5.69 Å². The van der Waals surface area contributed by atoms with Crippen molar-refractivity contribution in [2.24, 2.45) is 0 Å². The normalized spacial score (nSPS) is 9.57. The molecule has 2 aromatic rings. The van der Waals surface area contributed by atoms with E-state index in [-0.39, 0.29) is 11.6 Å². The minimum absolute atomic E-state index is 0.226. The summed E-state index contributed by atoms with van der Waals surface area (Å²) in [4.78, 5) is 16.0. The summed E-state index contributed by atoms with van der Waals surface area (Å²) in [6.07, 6.45) is 1.35. The first-order valence-electron chi connectivity index (χ1n) is 6.07. The molecule has 2 rings (SSSR count). The van der Waals surface area contributed by atoms with E-state index in [0.29, 0.717) is 22.7 Å². The van der Waals surface area contributed by atoms with E-state index in [1.165, 1.54) is 32.5 Å². The van der Waals surface area contributed by atoms with Crippen molar-refractivity contribution in [3.8, 4) is 17.6 Å². The van der Waals surface area contributed by atoms with Gasteiger partial charge in [0.2, 0.25) is 0 Å². The number of nitrogens with zero attached hydrogens (tertiary/aromatic N) is 2. The summed E-state index contributed by atoms with van der Waals surface area (Å²) < 4.78 is 10.3. The molecule has 0 unspecified atom stereocenters. The Hall–Kier alpha value is -3.07. The van der Waals surface area contributed by atoms with Gasteiger partial charge < -0.3 is 14.8 Å². The number of anilines is 1. The van der Waals surface area contributed by atoms with Crippen LogP contribution >= 0.6 is 0 Å². The molecule has 6 heteroatoms. The average Bonchev–Trinajstić information content (AvgIpc) is 2.54. The number of carbonyl (C=O) groups excluding carboxylic acids is 1. The molecule has 0 aliphatic carbocycles. The molecule has 0 spiro atoms. The summed E-state index contributed by atoms with van der Waals surface area (Å²) in [5.74, 6) is 0.724. The van der Waals surface area contributed by atoms with Crippen molar-refractivity contribution >= 4 is 11.6 Å². The Balaban J connectivity index is 2.17. The highest BCUT2D eigenvalue weighted by Crippen LogP contribution is 2.29. The summed E-state index contributed by atoms with van der Waals surface area (Å²) >= 11 is 0. The van der Waals surface area contributed by atoms with Crippen LogP contribution in [-0.2, 0) is 0 Å². The molecule has 1 heterocycles. The fourth-order valence-corrected chi connectivity index (χ4v) is 1.70. The second-order valence-electron chi connectivity index (χ2n) is 4.07. The highest BCUT2D eigenvalue weighted by atomic mass is 16.5. The predicted octanol–water partition coefficient (Wildman–Crippen LogP) is 2.22. The maximum atomic E-state index is 12.0. The number of ether oxygens (including phenoxy) is 2. The van der Waals surface area contributed by atoms with Gasteiger partial charge >= 0.3 is 0 Å². The lowest BCUT2D eigenvalue weighted by atomic mass is 10.2. The van der Waals surface area contributed by atoms with Crippen LogP contribution in [0.1, 0.15) is 16.1 Å². The van der Waals surface area contributed by atoms with E-state index in [0.717, 1.165) is 0 Å². The number of methoxy groups -OCH3 is 2. The third-order valence-electron chi connectivity index (χ3n) is 2.77. The Labute approximate surface area is 121 Å². The molecule has 1 amide bonds. The molecule has 0 aliphatic heterocycles. The zero-order valence-corrected chi connectivity index (χ0v) is 11.6. The maximum absolute atomic E-state index is 12.0.